The third-order valence-electron chi connectivity index (χ3n) is 6.87. The van der Waals surface area contributed by atoms with Gasteiger partial charge < -0.3 is 23.7 Å². The number of nitrogens with zero attached hydrogens (tertiary/aromatic N) is 2. The second-order valence-corrected chi connectivity index (χ2v) is 10.5. The van der Waals surface area contributed by atoms with Crippen molar-refractivity contribution in [2.24, 2.45) is 4.99 Å². The molecule has 1 N–H and O–H groups in total. The molecule has 0 fully saturated rings. The second-order valence-electron chi connectivity index (χ2n) is 9.45. The van der Waals surface area contributed by atoms with Gasteiger partial charge in [0, 0.05) is 11.6 Å². The summed E-state index contributed by atoms with van der Waals surface area (Å²) < 4.78 is 24.2. The number of hydrogen-bond acceptors (Lipinski definition) is 9. The fourth-order valence-electron chi connectivity index (χ4n) is 4.97. The van der Waals surface area contributed by atoms with Crippen LogP contribution < -0.4 is 24.4 Å². The fourth-order valence-corrected chi connectivity index (χ4v) is 5.99. The number of carbonyl (C=O) groups excluding carboxylic acids is 1. The number of benzene rings is 2. The van der Waals surface area contributed by atoms with Crippen molar-refractivity contribution in [3.8, 4) is 22.8 Å². The summed E-state index contributed by atoms with van der Waals surface area (Å²) in [4.78, 5) is 43.3. The molecule has 0 bridgehead atoms. The molecule has 6 rings (SSSR count). The number of aryl methyl sites for hydroxylation is 1. The van der Waals surface area contributed by atoms with Crippen LogP contribution in [0.1, 0.15) is 47.1 Å². The van der Waals surface area contributed by atoms with Gasteiger partial charge >= 0.3 is 11.9 Å². The highest BCUT2D eigenvalue weighted by Gasteiger charge is 2.34. The van der Waals surface area contributed by atoms with Crippen molar-refractivity contribution in [3.05, 3.63) is 102 Å². The zero-order valence-corrected chi connectivity index (χ0v) is 23.1. The molecule has 0 unspecified atom stereocenters. The molecule has 4 heterocycles. The van der Waals surface area contributed by atoms with Crippen LogP contribution in [0.5, 0.6) is 11.5 Å². The predicted octanol–water partition coefficient (Wildman–Crippen LogP) is 3.79. The zero-order valence-electron chi connectivity index (χ0n) is 22.3. The highest BCUT2D eigenvalue weighted by atomic mass is 32.1. The summed E-state index contributed by atoms with van der Waals surface area (Å²) in [5, 5.41) is 9.25. The van der Waals surface area contributed by atoms with Crippen LogP contribution in [-0.2, 0) is 9.53 Å². The predicted molar refractivity (Wildman–Crippen MR) is 149 cm³/mol. The average Bonchev–Trinajstić information content (AvgIpc) is 3.67. The molecule has 1 atom stereocenters. The topological polar surface area (TPSA) is 130 Å². The molecule has 2 aliphatic rings. The largest absolute Gasteiger partial charge is 0.478 e. The number of ether oxygens (including phenoxy) is 3. The summed E-state index contributed by atoms with van der Waals surface area (Å²) in [6, 6.07) is 12.8. The summed E-state index contributed by atoms with van der Waals surface area (Å²) in [6.07, 6.45) is 1.63. The number of carbonyl (C=O) groups is 2. The Labute approximate surface area is 237 Å². The first kappa shape index (κ1) is 26.3. The van der Waals surface area contributed by atoms with Crippen molar-refractivity contribution < 1.29 is 33.3 Å². The number of aromatic carboxylic acids is 1. The van der Waals surface area contributed by atoms with E-state index in [1.165, 1.54) is 22.0 Å². The minimum absolute atomic E-state index is 0.0928. The van der Waals surface area contributed by atoms with Crippen molar-refractivity contribution >= 4 is 29.4 Å². The van der Waals surface area contributed by atoms with Crippen LogP contribution in [0, 0.1) is 6.92 Å². The summed E-state index contributed by atoms with van der Waals surface area (Å²) in [5.74, 6) is 0.532. The van der Waals surface area contributed by atoms with E-state index in [9.17, 15) is 19.5 Å². The molecular weight excluding hydrogens is 548 g/mol. The third-order valence-corrected chi connectivity index (χ3v) is 7.85. The molecule has 2 aromatic heterocycles. The second kappa shape index (κ2) is 10.3. The normalized spacial score (nSPS) is 16.0. The molecule has 0 spiro atoms. The Morgan fingerprint density at radius 1 is 1.12 bits per heavy atom. The number of esters is 1. The Morgan fingerprint density at radius 2 is 1.93 bits per heavy atom. The van der Waals surface area contributed by atoms with Gasteiger partial charge in [-0.3, -0.25) is 9.36 Å². The number of thiazole rings is 1. The first-order chi connectivity index (χ1) is 19.7. The number of carboxylic acids is 1. The van der Waals surface area contributed by atoms with E-state index in [1.54, 1.807) is 62.4 Å². The van der Waals surface area contributed by atoms with Gasteiger partial charge in [0.1, 0.15) is 11.5 Å². The van der Waals surface area contributed by atoms with Gasteiger partial charge in [-0.15, -0.1) is 0 Å². The molecular formula is C30H24N2O8S. The lowest BCUT2D eigenvalue weighted by molar-refractivity contribution is -0.139. The third kappa shape index (κ3) is 4.63. The van der Waals surface area contributed by atoms with Crippen molar-refractivity contribution in [2.45, 2.75) is 26.8 Å². The van der Waals surface area contributed by atoms with E-state index >= 15 is 0 Å². The minimum atomic E-state index is -1.00. The summed E-state index contributed by atoms with van der Waals surface area (Å²) >= 11 is 1.19. The quantitative estimate of drug-likeness (QED) is 0.346. The standard InChI is InChI=1S/C30H24N2O8S/c1-4-37-29(36)25-16(3)31-30-32(26(25)17-6-9-22-23(12-17)39-14-38-22)27(33)24(41-30)13-19-7-10-21(40-19)20-8-5-18(28(34)35)11-15(20)2/h5-13,26H,4,14H2,1-3H3,(H,34,35)/b24-13-/t26-/m0/s1. The Kier molecular flexibility index (Phi) is 6.58. The molecule has 0 radical (unpaired) electrons. The number of furan rings is 1. The van der Waals surface area contributed by atoms with Crippen LogP contribution in [0.2, 0.25) is 0 Å². The molecule has 208 valence electrons. The van der Waals surface area contributed by atoms with Gasteiger partial charge in [0.15, 0.2) is 16.3 Å². The van der Waals surface area contributed by atoms with Gasteiger partial charge in [0.05, 0.1) is 34.0 Å². The van der Waals surface area contributed by atoms with E-state index in [-0.39, 0.29) is 30.1 Å². The Bertz CT molecular complexity index is 1940. The van der Waals surface area contributed by atoms with Crippen LogP contribution in [0.3, 0.4) is 0 Å². The first-order valence-electron chi connectivity index (χ1n) is 12.8. The van der Waals surface area contributed by atoms with Crippen LogP contribution >= 0.6 is 11.3 Å². The van der Waals surface area contributed by atoms with Gasteiger partial charge in [0.2, 0.25) is 6.79 Å². The van der Waals surface area contributed by atoms with E-state index in [4.69, 9.17) is 18.6 Å². The van der Waals surface area contributed by atoms with Crippen LogP contribution in [0.15, 0.2) is 74.0 Å². The van der Waals surface area contributed by atoms with Gasteiger partial charge in [-0.1, -0.05) is 23.5 Å². The Balaban J connectivity index is 1.45. The van der Waals surface area contributed by atoms with Crippen LogP contribution in [0.4, 0.5) is 0 Å². The molecule has 4 aromatic rings. The molecule has 11 heteroatoms. The summed E-state index contributed by atoms with van der Waals surface area (Å²) in [7, 11) is 0. The highest BCUT2D eigenvalue weighted by Crippen LogP contribution is 2.38. The van der Waals surface area contributed by atoms with Gasteiger partial charge in [0.25, 0.3) is 5.56 Å². The van der Waals surface area contributed by atoms with E-state index in [0.717, 1.165) is 11.1 Å². The summed E-state index contributed by atoms with van der Waals surface area (Å²) in [6.45, 7) is 5.52. The molecule has 0 amide bonds. The highest BCUT2D eigenvalue weighted by molar-refractivity contribution is 7.07. The van der Waals surface area contributed by atoms with Gasteiger partial charge in [-0.05, 0) is 68.3 Å². The number of hydrogen-bond donors (Lipinski definition) is 1. The molecule has 2 aromatic carbocycles. The molecule has 10 nitrogen and oxygen atoms in total. The van der Waals surface area contributed by atoms with Gasteiger partial charge in [-0.2, -0.15) is 0 Å². The molecule has 0 aliphatic carbocycles. The zero-order chi connectivity index (χ0) is 28.8. The van der Waals surface area contributed by atoms with Crippen LogP contribution in [0.25, 0.3) is 17.4 Å². The summed E-state index contributed by atoms with van der Waals surface area (Å²) in [5.41, 5.74) is 2.72. The van der Waals surface area contributed by atoms with Gasteiger partial charge in [-0.25, -0.2) is 14.6 Å². The molecule has 0 saturated carbocycles. The molecule has 2 aliphatic heterocycles. The average molecular weight is 573 g/mol. The smallest absolute Gasteiger partial charge is 0.338 e. The Hall–Kier alpha value is -4.90. The van der Waals surface area contributed by atoms with E-state index < -0.39 is 18.0 Å². The SMILES string of the molecule is CCOC(=O)C1=C(C)N=c2s/c(=C\c3ccc(-c4ccc(C(=O)O)cc4C)o3)c(=O)n2[C@H]1c1ccc2c(c1)OCO2. The maximum absolute atomic E-state index is 13.9. The van der Waals surface area contributed by atoms with Crippen LogP contribution in [-0.4, -0.2) is 35.0 Å². The van der Waals surface area contributed by atoms with E-state index in [2.05, 4.69) is 4.99 Å². The molecule has 41 heavy (non-hydrogen) atoms. The van der Waals surface area contributed by atoms with Crippen molar-refractivity contribution in [2.75, 3.05) is 13.4 Å². The van der Waals surface area contributed by atoms with Crippen molar-refractivity contribution in [1.29, 1.82) is 0 Å². The maximum Gasteiger partial charge on any atom is 0.338 e. The number of allylic oxidation sites excluding steroid dienone is 1. The Morgan fingerprint density at radius 3 is 2.68 bits per heavy atom. The van der Waals surface area contributed by atoms with E-state index in [1.807, 2.05) is 6.92 Å². The lowest BCUT2D eigenvalue weighted by atomic mass is 9.95. The van der Waals surface area contributed by atoms with Crippen molar-refractivity contribution in [3.63, 3.8) is 0 Å². The lowest BCUT2D eigenvalue weighted by Gasteiger charge is -2.24. The molecule has 0 saturated heterocycles. The monoisotopic (exact) mass is 572 g/mol. The van der Waals surface area contributed by atoms with Crippen molar-refractivity contribution in [1.82, 2.24) is 4.57 Å². The number of rotatable bonds is 6. The maximum atomic E-state index is 13.9. The number of fused-ring (bicyclic) bond motifs is 2. The number of aromatic nitrogens is 1. The number of carboxylic acid groups (broad SMARTS) is 1. The van der Waals surface area contributed by atoms with E-state index in [0.29, 0.717) is 43.6 Å². The lowest BCUT2D eigenvalue weighted by Crippen LogP contribution is -2.39. The minimum Gasteiger partial charge on any atom is -0.478 e. The fraction of sp³-hybridized carbons (Fsp3) is 0.200. The first-order valence-corrected chi connectivity index (χ1v) is 13.6.